The summed E-state index contributed by atoms with van der Waals surface area (Å²) in [6, 6.07) is 7.27. The Kier molecular flexibility index (Phi) is 4.71. The molecule has 1 aromatic carbocycles. The van der Waals surface area contributed by atoms with Crippen molar-refractivity contribution in [1.82, 2.24) is 19.8 Å². The van der Waals surface area contributed by atoms with Crippen LogP contribution in [-0.4, -0.2) is 57.8 Å². The maximum Gasteiger partial charge on any atom is 0.323 e. The summed E-state index contributed by atoms with van der Waals surface area (Å²) in [7, 11) is 0. The van der Waals surface area contributed by atoms with Crippen LogP contribution in [0.25, 0.3) is 0 Å². The average molecular weight is 349 g/mol. The second-order valence-corrected chi connectivity index (χ2v) is 6.00. The first-order chi connectivity index (χ1) is 11.5. The summed E-state index contributed by atoms with van der Waals surface area (Å²) >= 11 is 6.09. The zero-order valence-electron chi connectivity index (χ0n) is 12.9. The van der Waals surface area contributed by atoms with Crippen LogP contribution in [0.3, 0.4) is 0 Å². The molecular formula is C16H17ClN4O3. The summed E-state index contributed by atoms with van der Waals surface area (Å²) < 4.78 is 0. The molecule has 0 unspecified atom stereocenters. The fourth-order valence-electron chi connectivity index (χ4n) is 2.69. The van der Waals surface area contributed by atoms with E-state index in [-0.39, 0.29) is 23.9 Å². The van der Waals surface area contributed by atoms with Crippen molar-refractivity contribution in [3.8, 4) is 0 Å². The van der Waals surface area contributed by atoms with E-state index < -0.39 is 5.69 Å². The lowest BCUT2D eigenvalue weighted by atomic mass is 10.1. The molecule has 1 aliphatic heterocycles. The lowest BCUT2D eigenvalue weighted by Gasteiger charge is -2.34. The van der Waals surface area contributed by atoms with Crippen molar-refractivity contribution in [3.63, 3.8) is 0 Å². The van der Waals surface area contributed by atoms with Gasteiger partial charge in [0.05, 0.1) is 6.42 Å². The van der Waals surface area contributed by atoms with Gasteiger partial charge in [-0.1, -0.05) is 29.8 Å². The van der Waals surface area contributed by atoms with Crippen LogP contribution in [0.5, 0.6) is 0 Å². The molecule has 0 aliphatic carbocycles. The Balaban J connectivity index is 1.57. The van der Waals surface area contributed by atoms with Crippen molar-refractivity contribution in [1.29, 1.82) is 0 Å². The molecule has 0 saturated carbocycles. The Bertz CT molecular complexity index is 805. The first-order valence-corrected chi connectivity index (χ1v) is 8.00. The number of hydrogen-bond donors (Lipinski definition) is 2. The number of aromatic amines is 2. The molecule has 3 rings (SSSR count). The predicted molar refractivity (Wildman–Crippen MR) is 89.1 cm³/mol. The van der Waals surface area contributed by atoms with Crippen molar-refractivity contribution >= 4 is 23.4 Å². The number of nitrogens with zero attached hydrogens (tertiary/aromatic N) is 2. The molecule has 2 aromatic rings. The van der Waals surface area contributed by atoms with Gasteiger partial charge in [0.25, 0.3) is 5.91 Å². The number of benzene rings is 1. The van der Waals surface area contributed by atoms with Crippen LogP contribution < -0.4 is 5.69 Å². The largest absolute Gasteiger partial charge is 0.339 e. The maximum atomic E-state index is 12.4. The molecule has 2 heterocycles. The highest BCUT2D eigenvalue weighted by atomic mass is 35.5. The maximum absolute atomic E-state index is 12.4. The van der Waals surface area contributed by atoms with Crippen molar-refractivity contribution in [2.45, 2.75) is 6.42 Å². The Morgan fingerprint density at radius 1 is 1.08 bits per heavy atom. The third kappa shape index (κ3) is 3.51. The minimum Gasteiger partial charge on any atom is -0.339 e. The number of amides is 2. The number of carbonyl (C=O) groups is 2. The van der Waals surface area contributed by atoms with Crippen LogP contribution in [0.4, 0.5) is 0 Å². The van der Waals surface area contributed by atoms with Gasteiger partial charge in [-0.25, -0.2) is 4.79 Å². The van der Waals surface area contributed by atoms with Gasteiger partial charge in [0, 0.05) is 37.4 Å². The molecule has 1 aliphatic rings. The number of halogens is 1. The van der Waals surface area contributed by atoms with Gasteiger partial charge in [0.15, 0.2) is 0 Å². The van der Waals surface area contributed by atoms with Crippen LogP contribution in [0.15, 0.2) is 35.3 Å². The lowest BCUT2D eigenvalue weighted by molar-refractivity contribution is -0.131. The van der Waals surface area contributed by atoms with E-state index in [1.165, 1.54) is 6.20 Å². The number of hydrogen-bond acceptors (Lipinski definition) is 3. The number of nitrogens with one attached hydrogen (secondary N) is 2. The number of H-pyrrole nitrogens is 2. The highest BCUT2D eigenvalue weighted by Gasteiger charge is 2.25. The number of rotatable bonds is 3. The van der Waals surface area contributed by atoms with Gasteiger partial charge in [-0.3, -0.25) is 9.59 Å². The molecule has 0 atom stereocenters. The summed E-state index contributed by atoms with van der Waals surface area (Å²) in [6.07, 6.45) is 1.61. The highest BCUT2D eigenvalue weighted by Crippen LogP contribution is 2.17. The first kappa shape index (κ1) is 16.3. The van der Waals surface area contributed by atoms with E-state index in [4.69, 9.17) is 11.6 Å². The predicted octanol–water partition coefficient (Wildman–Crippen LogP) is 0.883. The van der Waals surface area contributed by atoms with Crippen molar-refractivity contribution in [3.05, 3.63) is 57.2 Å². The van der Waals surface area contributed by atoms with Gasteiger partial charge in [-0.2, -0.15) is 0 Å². The van der Waals surface area contributed by atoms with Gasteiger partial charge in [-0.05, 0) is 11.6 Å². The zero-order valence-corrected chi connectivity index (χ0v) is 13.7. The SMILES string of the molecule is O=C(Cc1ccccc1Cl)N1CCN(C(=O)c2c[nH]c(=O)[nH]2)CC1. The fourth-order valence-corrected chi connectivity index (χ4v) is 2.90. The van der Waals surface area contributed by atoms with Gasteiger partial charge < -0.3 is 19.8 Å². The smallest absolute Gasteiger partial charge is 0.323 e. The van der Waals surface area contributed by atoms with Crippen LogP contribution in [0.1, 0.15) is 16.1 Å². The fraction of sp³-hybridized carbons (Fsp3) is 0.312. The summed E-state index contributed by atoms with van der Waals surface area (Å²) in [5.74, 6) is -0.253. The summed E-state index contributed by atoms with van der Waals surface area (Å²) in [5.41, 5.74) is 0.621. The van der Waals surface area contributed by atoms with E-state index in [0.29, 0.717) is 31.2 Å². The molecule has 7 nitrogen and oxygen atoms in total. The van der Waals surface area contributed by atoms with Crippen molar-refractivity contribution in [2.75, 3.05) is 26.2 Å². The van der Waals surface area contributed by atoms with E-state index in [9.17, 15) is 14.4 Å². The van der Waals surface area contributed by atoms with Crippen LogP contribution in [0, 0.1) is 0 Å². The average Bonchev–Trinajstić information content (AvgIpc) is 3.03. The zero-order chi connectivity index (χ0) is 17.1. The summed E-state index contributed by atoms with van der Waals surface area (Å²) in [5, 5.41) is 0.580. The normalized spacial score (nSPS) is 14.7. The lowest BCUT2D eigenvalue weighted by Crippen LogP contribution is -2.51. The molecule has 1 fully saturated rings. The third-order valence-electron chi connectivity index (χ3n) is 4.05. The minimum absolute atomic E-state index is 0.00903. The quantitative estimate of drug-likeness (QED) is 0.863. The summed E-state index contributed by atoms with van der Waals surface area (Å²) in [6.45, 7) is 1.79. The molecule has 24 heavy (non-hydrogen) atoms. The molecule has 0 bridgehead atoms. The number of aromatic nitrogens is 2. The monoisotopic (exact) mass is 348 g/mol. The summed E-state index contributed by atoms with van der Waals surface area (Å²) in [4.78, 5) is 43.9. The molecular weight excluding hydrogens is 332 g/mol. The Labute approximate surface area is 143 Å². The van der Waals surface area contributed by atoms with Gasteiger partial charge in [-0.15, -0.1) is 0 Å². The molecule has 0 radical (unpaired) electrons. The highest BCUT2D eigenvalue weighted by molar-refractivity contribution is 6.31. The Morgan fingerprint density at radius 2 is 1.75 bits per heavy atom. The first-order valence-electron chi connectivity index (χ1n) is 7.63. The minimum atomic E-state index is -0.410. The molecule has 2 N–H and O–H groups in total. The molecule has 1 saturated heterocycles. The van der Waals surface area contributed by atoms with Gasteiger partial charge in [0.2, 0.25) is 5.91 Å². The van der Waals surface area contributed by atoms with E-state index >= 15 is 0 Å². The second-order valence-electron chi connectivity index (χ2n) is 5.60. The molecule has 0 spiro atoms. The standard InChI is InChI=1S/C16H17ClN4O3/c17-12-4-2-1-3-11(12)9-14(22)20-5-7-21(8-6-20)15(23)13-10-18-16(24)19-13/h1-4,10H,5-9H2,(H2,18,19,24). The van der Waals surface area contributed by atoms with Crippen molar-refractivity contribution < 1.29 is 9.59 Å². The van der Waals surface area contributed by atoms with Crippen LogP contribution in [0.2, 0.25) is 5.02 Å². The van der Waals surface area contributed by atoms with Gasteiger partial charge >= 0.3 is 5.69 Å². The molecule has 8 heteroatoms. The van der Waals surface area contributed by atoms with Gasteiger partial charge in [0.1, 0.15) is 5.69 Å². The Morgan fingerprint density at radius 3 is 2.38 bits per heavy atom. The molecule has 126 valence electrons. The Hall–Kier alpha value is -2.54. The number of carbonyl (C=O) groups excluding carboxylic acids is 2. The van der Waals surface area contributed by atoms with E-state index in [0.717, 1.165) is 5.56 Å². The van der Waals surface area contributed by atoms with E-state index in [2.05, 4.69) is 9.97 Å². The van der Waals surface area contributed by atoms with E-state index in [1.54, 1.807) is 15.9 Å². The van der Waals surface area contributed by atoms with Crippen LogP contribution >= 0.6 is 11.6 Å². The van der Waals surface area contributed by atoms with Crippen LogP contribution in [-0.2, 0) is 11.2 Å². The number of piperazine rings is 1. The van der Waals surface area contributed by atoms with Crippen molar-refractivity contribution in [2.24, 2.45) is 0 Å². The molecule has 2 amide bonds. The number of imidazole rings is 1. The topological polar surface area (TPSA) is 89.3 Å². The molecule has 1 aromatic heterocycles. The van der Waals surface area contributed by atoms with E-state index in [1.807, 2.05) is 18.2 Å². The third-order valence-corrected chi connectivity index (χ3v) is 4.41. The second kappa shape index (κ2) is 6.92.